The van der Waals surface area contributed by atoms with Crippen LogP contribution in [-0.2, 0) is 5.88 Å². The number of rotatable bonds is 4. The van der Waals surface area contributed by atoms with Crippen molar-refractivity contribution in [1.82, 2.24) is 9.78 Å². The molecule has 0 aliphatic heterocycles. The van der Waals surface area contributed by atoms with E-state index in [1.165, 1.54) is 0 Å². The van der Waals surface area contributed by atoms with E-state index < -0.39 is 0 Å². The lowest BCUT2D eigenvalue weighted by atomic mass is 10.3. The maximum absolute atomic E-state index is 5.77. The first-order valence-electron chi connectivity index (χ1n) is 5.59. The van der Waals surface area contributed by atoms with E-state index in [0.29, 0.717) is 12.5 Å². The molecule has 1 aromatic carbocycles. The van der Waals surface area contributed by atoms with Crippen LogP contribution in [0.1, 0.15) is 18.3 Å². The topological polar surface area (TPSA) is 27.1 Å². The number of hydrogen-bond acceptors (Lipinski definition) is 2. The number of aromatic nitrogens is 2. The maximum atomic E-state index is 5.77. The molecule has 3 nitrogen and oxygen atoms in total. The van der Waals surface area contributed by atoms with Crippen molar-refractivity contribution in [1.29, 1.82) is 0 Å². The van der Waals surface area contributed by atoms with Crippen LogP contribution in [-0.4, -0.2) is 16.4 Å². The van der Waals surface area contributed by atoms with Gasteiger partial charge in [0.15, 0.2) is 0 Å². The molecule has 4 heteroatoms. The van der Waals surface area contributed by atoms with Gasteiger partial charge in [-0.2, -0.15) is 5.10 Å². The molecule has 0 spiro atoms. The highest BCUT2D eigenvalue weighted by atomic mass is 35.5. The van der Waals surface area contributed by atoms with Crippen LogP contribution in [0.5, 0.6) is 5.75 Å². The Morgan fingerprint density at radius 3 is 2.53 bits per heavy atom. The average molecular weight is 251 g/mol. The van der Waals surface area contributed by atoms with Gasteiger partial charge < -0.3 is 4.74 Å². The van der Waals surface area contributed by atoms with E-state index in [9.17, 15) is 0 Å². The monoisotopic (exact) mass is 250 g/mol. The van der Waals surface area contributed by atoms with Crippen molar-refractivity contribution in [2.45, 2.75) is 19.7 Å². The van der Waals surface area contributed by atoms with Crippen LogP contribution in [0, 0.1) is 6.92 Å². The zero-order valence-corrected chi connectivity index (χ0v) is 10.7. The molecular weight excluding hydrogens is 236 g/mol. The fourth-order valence-corrected chi connectivity index (χ4v) is 1.85. The number of halogens is 1. The Balaban J connectivity index is 2.29. The fraction of sp³-hybridized carbons (Fsp3) is 0.308. The lowest BCUT2D eigenvalue weighted by Crippen LogP contribution is -1.99. The summed E-state index contributed by atoms with van der Waals surface area (Å²) in [4.78, 5) is 0. The van der Waals surface area contributed by atoms with E-state index >= 15 is 0 Å². The van der Waals surface area contributed by atoms with Gasteiger partial charge in [-0.15, -0.1) is 11.6 Å². The molecule has 0 unspecified atom stereocenters. The molecule has 0 saturated carbocycles. The van der Waals surface area contributed by atoms with Crippen LogP contribution in [0.3, 0.4) is 0 Å². The maximum Gasteiger partial charge on any atom is 0.119 e. The summed E-state index contributed by atoms with van der Waals surface area (Å²) in [6.45, 7) is 4.66. The summed E-state index contributed by atoms with van der Waals surface area (Å²) in [5, 5.41) is 4.42. The standard InChI is InChI=1S/C13H15ClN2O/c1-3-17-13-6-4-12(5-7-13)16-10(2)8-11(9-14)15-16/h4-8H,3,9H2,1-2H3. The summed E-state index contributed by atoms with van der Waals surface area (Å²) >= 11 is 5.77. The number of hydrogen-bond donors (Lipinski definition) is 0. The van der Waals surface area contributed by atoms with Crippen molar-refractivity contribution in [3.8, 4) is 11.4 Å². The number of aryl methyl sites for hydroxylation is 1. The molecule has 1 heterocycles. The molecule has 1 aromatic heterocycles. The Kier molecular flexibility index (Phi) is 3.69. The van der Waals surface area contributed by atoms with Gasteiger partial charge >= 0.3 is 0 Å². The molecule has 2 rings (SSSR count). The smallest absolute Gasteiger partial charge is 0.119 e. The van der Waals surface area contributed by atoms with Gasteiger partial charge in [-0.3, -0.25) is 0 Å². The highest BCUT2D eigenvalue weighted by molar-refractivity contribution is 6.16. The predicted molar refractivity (Wildman–Crippen MR) is 69.0 cm³/mol. The molecule has 0 aliphatic rings. The molecule has 17 heavy (non-hydrogen) atoms. The Labute approximate surface area is 106 Å². The van der Waals surface area contributed by atoms with Gasteiger partial charge in [0.05, 0.1) is 23.9 Å². The molecule has 0 N–H and O–H groups in total. The Bertz CT molecular complexity index is 491. The largest absolute Gasteiger partial charge is 0.494 e. The summed E-state index contributed by atoms with van der Waals surface area (Å²) < 4.78 is 7.28. The summed E-state index contributed by atoms with van der Waals surface area (Å²) in [6.07, 6.45) is 0. The van der Waals surface area contributed by atoms with Crippen molar-refractivity contribution in [2.24, 2.45) is 0 Å². The lowest BCUT2D eigenvalue weighted by Gasteiger charge is -2.06. The van der Waals surface area contributed by atoms with Gasteiger partial charge in [-0.05, 0) is 44.2 Å². The first-order valence-corrected chi connectivity index (χ1v) is 6.12. The quantitative estimate of drug-likeness (QED) is 0.779. The number of nitrogens with zero attached hydrogens (tertiary/aromatic N) is 2. The van der Waals surface area contributed by atoms with E-state index in [2.05, 4.69) is 5.10 Å². The molecule has 0 fully saturated rings. The van der Waals surface area contributed by atoms with Gasteiger partial charge in [-0.1, -0.05) is 0 Å². The third kappa shape index (κ3) is 2.61. The number of benzene rings is 1. The predicted octanol–water partition coefficient (Wildman–Crippen LogP) is 3.32. The molecule has 0 saturated heterocycles. The van der Waals surface area contributed by atoms with Crippen molar-refractivity contribution in [2.75, 3.05) is 6.61 Å². The van der Waals surface area contributed by atoms with Gasteiger partial charge in [0.2, 0.25) is 0 Å². The van der Waals surface area contributed by atoms with Crippen molar-refractivity contribution in [3.63, 3.8) is 0 Å². The molecule has 0 radical (unpaired) electrons. The Morgan fingerprint density at radius 1 is 1.29 bits per heavy atom. The van der Waals surface area contributed by atoms with Crippen LogP contribution in [0.15, 0.2) is 30.3 Å². The van der Waals surface area contributed by atoms with Crippen molar-refractivity contribution in [3.05, 3.63) is 41.7 Å². The fourth-order valence-electron chi connectivity index (χ4n) is 1.72. The molecule has 0 aliphatic carbocycles. The van der Waals surface area contributed by atoms with Gasteiger partial charge in [0, 0.05) is 5.69 Å². The summed E-state index contributed by atoms with van der Waals surface area (Å²) in [5.74, 6) is 1.31. The summed E-state index contributed by atoms with van der Waals surface area (Å²) in [6, 6.07) is 9.86. The summed E-state index contributed by atoms with van der Waals surface area (Å²) in [7, 11) is 0. The molecule has 2 aromatic rings. The third-order valence-electron chi connectivity index (χ3n) is 2.47. The van der Waals surface area contributed by atoms with Crippen LogP contribution in [0.2, 0.25) is 0 Å². The second kappa shape index (κ2) is 5.23. The van der Waals surface area contributed by atoms with Crippen LogP contribution < -0.4 is 4.74 Å². The van der Waals surface area contributed by atoms with Gasteiger partial charge in [0.25, 0.3) is 0 Å². The minimum atomic E-state index is 0.435. The second-order valence-electron chi connectivity index (χ2n) is 3.75. The molecule has 0 bridgehead atoms. The highest BCUT2D eigenvalue weighted by Gasteiger charge is 2.05. The van der Waals surface area contributed by atoms with Gasteiger partial charge in [0.1, 0.15) is 5.75 Å². The zero-order valence-electron chi connectivity index (χ0n) is 9.98. The zero-order chi connectivity index (χ0) is 12.3. The van der Waals surface area contributed by atoms with Gasteiger partial charge in [-0.25, -0.2) is 4.68 Å². The molecule has 0 amide bonds. The lowest BCUT2D eigenvalue weighted by molar-refractivity contribution is 0.340. The summed E-state index contributed by atoms with van der Waals surface area (Å²) in [5.41, 5.74) is 2.98. The van der Waals surface area contributed by atoms with Crippen LogP contribution in [0.4, 0.5) is 0 Å². The van der Waals surface area contributed by atoms with Crippen LogP contribution >= 0.6 is 11.6 Å². The minimum Gasteiger partial charge on any atom is -0.494 e. The number of alkyl halides is 1. The normalized spacial score (nSPS) is 10.5. The van der Waals surface area contributed by atoms with Crippen LogP contribution in [0.25, 0.3) is 5.69 Å². The molecule has 90 valence electrons. The van der Waals surface area contributed by atoms with E-state index in [0.717, 1.165) is 22.8 Å². The van der Waals surface area contributed by atoms with E-state index in [1.807, 2.05) is 48.9 Å². The van der Waals surface area contributed by atoms with Crippen molar-refractivity contribution >= 4 is 11.6 Å². The Morgan fingerprint density at radius 2 is 2.00 bits per heavy atom. The highest BCUT2D eigenvalue weighted by Crippen LogP contribution is 2.17. The second-order valence-corrected chi connectivity index (χ2v) is 4.02. The van der Waals surface area contributed by atoms with Crippen molar-refractivity contribution < 1.29 is 4.74 Å². The van der Waals surface area contributed by atoms with E-state index in [-0.39, 0.29) is 0 Å². The minimum absolute atomic E-state index is 0.435. The number of ether oxygens (including phenoxy) is 1. The average Bonchev–Trinajstić information content (AvgIpc) is 2.72. The molecule has 0 atom stereocenters. The SMILES string of the molecule is CCOc1ccc(-n2nc(CCl)cc2C)cc1. The van der Waals surface area contributed by atoms with E-state index in [4.69, 9.17) is 16.3 Å². The first kappa shape index (κ1) is 12.0. The first-order chi connectivity index (χ1) is 8.24. The third-order valence-corrected chi connectivity index (χ3v) is 2.74. The molecular formula is C13H15ClN2O. The van der Waals surface area contributed by atoms with E-state index in [1.54, 1.807) is 0 Å². The Hall–Kier alpha value is -1.48.